The standard InChI is InChI=1S/C25H23F3N6O3/c1-2-22(35)30-15-4-3-5-16(10-15)31-23-19(25(26,27)28)12-29-24(33-23)32-17-6-7-20-21(11-17)37-14-18-13-36-9-8-34(18)20/h2-7,10-12,18H,1,8-9,13-14H2,(H,30,35)(H2,29,31,32,33). The van der Waals surface area contributed by atoms with E-state index in [0.717, 1.165) is 18.3 Å². The van der Waals surface area contributed by atoms with Gasteiger partial charge in [-0.15, -0.1) is 0 Å². The molecule has 1 saturated heterocycles. The Hall–Kier alpha value is -4.32. The van der Waals surface area contributed by atoms with Crippen molar-refractivity contribution in [2.45, 2.75) is 12.2 Å². The summed E-state index contributed by atoms with van der Waals surface area (Å²) in [7, 11) is 0. The lowest BCUT2D eigenvalue weighted by molar-refractivity contribution is -0.137. The highest BCUT2D eigenvalue weighted by atomic mass is 19.4. The number of ether oxygens (including phenoxy) is 2. The summed E-state index contributed by atoms with van der Waals surface area (Å²) >= 11 is 0. The number of hydrogen-bond acceptors (Lipinski definition) is 8. The molecule has 0 saturated carbocycles. The van der Waals surface area contributed by atoms with Crippen LogP contribution in [-0.4, -0.2) is 48.3 Å². The summed E-state index contributed by atoms with van der Waals surface area (Å²) in [6.07, 6.45) is -2.88. The molecule has 3 aromatic rings. The minimum atomic E-state index is -4.69. The van der Waals surface area contributed by atoms with E-state index in [0.29, 0.717) is 48.8 Å². The van der Waals surface area contributed by atoms with Crippen LogP contribution in [0.15, 0.2) is 61.3 Å². The van der Waals surface area contributed by atoms with Crippen molar-refractivity contribution in [3.8, 4) is 5.75 Å². The predicted molar refractivity (Wildman–Crippen MR) is 133 cm³/mol. The quantitative estimate of drug-likeness (QED) is 0.409. The van der Waals surface area contributed by atoms with Gasteiger partial charge < -0.3 is 30.3 Å². The second-order valence-corrected chi connectivity index (χ2v) is 8.39. The fourth-order valence-corrected chi connectivity index (χ4v) is 4.12. The van der Waals surface area contributed by atoms with E-state index in [4.69, 9.17) is 9.47 Å². The lowest BCUT2D eigenvalue weighted by Crippen LogP contribution is -2.51. The maximum atomic E-state index is 13.7. The Morgan fingerprint density at radius 2 is 1.92 bits per heavy atom. The second-order valence-electron chi connectivity index (χ2n) is 8.39. The summed E-state index contributed by atoms with van der Waals surface area (Å²) in [5.74, 6) is -0.263. The van der Waals surface area contributed by atoms with Crippen molar-refractivity contribution in [2.75, 3.05) is 47.2 Å². The van der Waals surface area contributed by atoms with Gasteiger partial charge in [-0.25, -0.2) is 4.98 Å². The molecule has 192 valence electrons. The first-order valence-corrected chi connectivity index (χ1v) is 11.4. The van der Waals surface area contributed by atoms with Crippen LogP contribution in [0.4, 0.5) is 47.7 Å². The zero-order valence-electron chi connectivity index (χ0n) is 19.5. The van der Waals surface area contributed by atoms with Crippen molar-refractivity contribution in [2.24, 2.45) is 0 Å². The first-order chi connectivity index (χ1) is 17.8. The van der Waals surface area contributed by atoms with E-state index in [2.05, 4.69) is 37.4 Å². The van der Waals surface area contributed by atoms with Crippen LogP contribution in [0.1, 0.15) is 5.56 Å². The molecule has 3 N–H and O–H groups in total. The Bertz CT molecular complexity index is 1330. The molecule has 0 aliphatic carbocycles. The number of morpholine rings is 1. The summed E-state index contributed by atoms with van der Waals surface area (Å²) in [5.41, 5.74) is 1.13. The number of rotatable bonds is 6. The minimum absolute atomic E-state index is 0.0355. The van der Waals surface area contributed by atoms with Crippen molar-refractivity contribution < 1.29 is 27.4 Å². The molecule has 9 nitrogen and oxygen atoms in total. The largest absolute Gasteiger partial charge is 0.489 e. The molecule has 2 aliphatic rings. The van der Waals surface area contributed by atoms with Gasteiger partial charge in [-0.1, -0.05) is 12.6 Å². The average Bonchev–Trinajstić information content (AvgIpc) is 2.88. The van der Waals surface area contributed by atoms with Gasteiger partial charge in [0.1, 0.15) is 23.7 Å². The highest BCUT2D eigenvalue weighted by molar-refractivity contribution is 5.99. The number of carbonyl (C=O) groups excluding carboxylic acids is 1. The summed E-state index contributed by atoms with van der Waals surface area (Å²) < 4.78 is 52.5. The molecule has 0 spiro atoms. The Kier molecular flexibility index (Phi) is 6.57. The summed E-state index contributed by atoms with van der Waals surface area (Å²) in [5, 5.41) is 8.20. The fraction of sp³-hybridized carbons (Fsp3) is 0.240. The molecule has 1 atom stereocenters. The topological polar surface area (TPSA) is 101 Å². The third-order valence-electron chi connectivity index (χ3n) is 5.86. The Balaban J connectivity index is 1.39. The molecule has 2 aliphatic heterocycles. The predicted octanol–water partition coefficient (Wildman–Crippen LogP) is 4.70. The number of anilines is 6. The number of aromatic nitrogens is 2. The number of hydrogen-bond donors (Lipinski definition) is 3. The summed E-state index contributed by atoms with van der Waals surface area (Å²) in [6.45, 7) is 5.84. The van der Waals surface area contributed by atoms with Crippen LogP contribution in [0.3, 0.4) is 0 Å². The molecule has 37 heavy (non-hydrogen) atoms. The number of halogens is 3. The van der Waals surface area contributed by atoms with Crippen LogP contribution < -0.4 is 25.6 Å². The molecule has 1 fully saturated rings. The normalized spacial score (nSPS) is 16.6. The van der Waals surface area contributed by atoms with Gasteiger partial charge in [0.05, 0.1) is 24.9 Å². The fourth-order valence-electron chi connectivity index (χ4n) is 4.12. The Morgan fingerprint density at radius 3 is 2.73 bits per heavy atom. The summed E-state index contributed by atoms with van der Waals surface area (Å²) in [6, 6.07) is 11.8. The van der Waals surface area contributed by atoms with Crippen molar-refractivity contribution in [3.05, 3.63) is 66.9 Å². The Labute approximate surface area is 210 Å². The van der Waals surface area contributed by atoms with Crippen LogP contribution in [0.2, 0.25) is 0 Å². The van der Waals surface area contributed by atoms with E-state index in [-0.39, 0.29) is 12.0 Å². The monoisotopic (exact) mass is 512 g/mol. The van der Waals surface area contributed by atoms with Gasteiger partial charge in [-0.2, -0.15) is 18.2 Å². The van der Waals surface area contributed by atoms with Crippen LogP contribution >= 0.6 is 0 Å². The number of benzene rings is 2. The van der Waals surface area contributed by atoms with E-state index < -0.39 is 23.5 Å². The van der Waals surface area contributed by atoms with Crippen LogP contribution in [0, 0.1) is 0 Å². The van der Waals surface area contributed by atoms with Gasteiger partial charge in [-0.3, -0.25) is 4.79 Å². The maximum Gasteiger partial charge on any atom is 0.421 e. The molecule has 5 rings (SSSR count). The lowest BCUT2D eigenvalue weighted by atomic mass is 10.1. The maximum absolute atomic E-state index is 13.7. The molecule has 1 amide bonds. The van der Waals surface area contributed by atoms with Crippen molar-refractivity contribution in [1.82, 2.24) is 9.97 Å². The van der Waals surface area contributed by atoms with E-state index >= 15 is 0 Å². The Morgan fingerprint density at radius 1 is 1.11 bits per heavy atom. The number of carbonyl (C=O) groups is 1. The van der Waals surface area contributed by atoms with Crippen molar-refractivity contribution in [1.29, 1.82) is 0 Å². The van der Waals surface area contributed by atoms with E-state index in [1.54, 1.807) is 30.3 Å². The third kappa shape index (κ3) is 5.43. The number of amides is 1. The first kappa shape index (κ1) is 24.4. The molecule has 0 bridgehead atoms. The average molecular weight is 512 g/mol. The summed E-state index contributed by atoms with van der Waals surface area (Å²) in [4.78, 5) is 21.8. The molecule has 12 heteroatoms. The molecular weight excluding hydrogens is 489 g/mol. The van der Waals surface area contributed by atoms with Crippen molar-refractivity contribution in [3.63, 3.8) is 0 Å². The molecule has 1 unspecified atom stereocenters. The van der Waals surface area contributed by atoms with Gasteiger partial charge in [0.15, 0.2) is 0 Å². The molecule has 1 aromatic heterocycles. The van der Waals surface area contributed by atoms with Crippen LogP contribution in [0.5, 0.6) is 5.75 Å². The van der Waals surface area contributed by atoms with E-state index in [1.165, 1.54) is 6.07 Å². The van der Waals surface area contributed by atoms with Gasteiger partial charge in [0.25, 0.3) is 0 Å². The molecular formula is C25H23F3N6O3. The van der Waals surface area contributed by atoms with E-state index in [9.17, 15) is 18.0 Å². The number of fused-ring (bicyclic) bond motifs is 3. The van der Waals surface area contributed by atoms with Crippen LogP contribution in [-0.2, 0) is 15.7 Å². The SMILES string of the molecule is C=CC(=O)Nc1cccc(Nc2nc(Nc3ccc4c(c3)OCC3COCCN43)ncc2C(F)(F)F)c1. The molecule has 0 radical (unpaired) electrons. The smallest absolute Gasteiger partial charge is 0.421 e. The highest BCUT2D eigenvalue weighted by Gasteiger charge is 2.35. The van der Waals surface area contributed by atoms with Gasteiger partial charge in [-0.05, 0) is 36.4 Å². The van der Waals surface area contributed by atoms with Gasteiger partial charge in [0.2, 0.25) is 11.9 Å². The number of nitrogens with zero attached hydrogens (tertiary/aromatic N) is 3. The lowest BCUT2D eigenvalue weighted by Gasteiger charge is -2.41. The zero-order chi connectivity index (χ0) is 26.0. The molecule has 3 heterocycles. The highest BCUT2D eigenvalue weighted by Crippen LogP contribution is 2.38. The minimum Gasteiger partial charge on any atom is -0.489 e. The van der Waals surface area contributed by atoms with Gasteiger partial charge >= 0.3 is 6.18 Å². The van der Waals surface area contributed by atoms with Crippen molar-refractivity contribution >= 4 is 40.4 Å². The van der Waals surface area contributed by atoms with Crippen LogP contribution in [0.25, 0.3) is 0 Å². The molecule has 2 aromatic carbocycles. The zero-order valence-corrected chi connectivity index (χ0v) is 19.5. The van der Waals surface area contributed by atoms with Gasteiger partial charge in [0, 0.05) is 35.9 Å². The second kappa shape index (κ2) is 9.97. The van der Waals surface area contributed by atoms with E-state index in [1.807, 2.05) is 6.07 Å². The number of nitrogens with one attached hydrogen (secondary N) is 3. The number of alkyl halides is 3. The third-order valence-corrected chi connectivity index (χ3v) is 5.86. The first-order valence-electron chi connectivity index (χ1n) is 11.4.